The molecule has 3 rings (SSSR count). The van der Waals surface area contributed by atoms with Crippen molar-refractivity contribution in [1.29, 1.82) is 0 Å². The highest BCUT2D eigenvalue weighted by Gasteiger charge is 2.11. The van der Waals surface area contributed by atoms with Gasteiger partial charge in [0.15, 0.2) is 0 Å². The lowest BCUT2D eigenvalue weighted by Gasteiger charge is -2.11. The molecule has 0 fully saturated rings. The van der Waals surface area contributed by atoms with Crippen LogP contribution in [0.1, 0.15) is 11.4 Å². The molecule has 0 saturated carbocycles. The number of benzene rings is 2. The van der Waals surface area contributed by atoms with Crippen molar-refractivity contribution >= 4 is 28.4 Å². The lowest BCUT2D eigenvalue weighted by atomic mass is 10.1. The molecule has 25 heavy (non-hydrogen) atoms. The average Bonchev–Trinajstić information content (AvgIpc) is 2.60. The Balaban J connectivity index is 1.66. The molecule has 0 radical (unpaired) electrons. The van der Waals surface area contributed by atoms with E-state index in [1.54, 1.807) is 25.1 Å². The number of nitrogens with zero attached hydrogens (tertiary/aromatic N) is 2. The number of carbonyl (C=O) groups excluding carboxylic acids is 1. The van der Waals surface area contributed by atoms with Crippen molar-refractivity contribution in [3.63, 3.8) is 0 Å². The molecular weight excluding hydrogens is 338 g/mol. The normalized spacial score (nSPS) is 10.8. The van der Waals surface area contributed by atoms with Crippen LogP contribution in [0.15, 0.2) is 53.3 Å². The fourth-order valence-corrected chi connectivity index (χ4v) is 2.79. The van der Waals surface area contributed by atoms with Crippen LogP contribution in [0.3, 0.4) is 0 Å². The van der Waals surface area contributed by atoms with Gasteiger partial charge in [0.2, 0.25) is 5.91 Å². The zero-order valence-corrected chi connectivity index (χ0v) is 14.6. The van der Waals surface area contributed by atoms with Crippen LogP contribution in [0.5, 0.6) is 0 Å². The molecule has 0 bridgehead atoms. The number of aromatic nitrogens is 2. The number of hydrogen-bond acceptors (Lipinski definition) is 3. The third-order valence-corrected chi connectivity index (χ3v) is 4.26. The maximum atomic E-state index is 12.5. The molecule has 0 saturated heterocycles. The van der Waals surface area contributed by atoms with E-state index in [1.165, 1.54) is 4.57 Å². The van der Waals surface area contributed by atoms with Crippen molar-refractivity contribution in [2.75, 3.05) is 6.54 Å². The number of para-hydroxylation sites is 1. The molecule has 1 heterocycles. The Bertz CT molecular complexity index is 965. The van der Waals surface area contributed by atoms with Gasteiger partial charge < -0.3 is 5.32 Å². The highest BCUT2D eigenvalue weighted by atomic mass is 35.5. The van der Waals surface area contributed by atoms with E-state index in [9.17, 15) is 9.59 Å². The topological polar surface area (TPSA) is 64.0 Å². The molecule has 128 valence electrons. The van der Waals surface area contributed by atoms with Gasteiger partial charge in [0.25, 0.3) is 5.56 Å². The summed E-state index contributed by atoms with van der Waals surface area (Å²) in [6.45, 7) is 2.19. The first-order valence-corrected chi connectivity index (χ1v) is 8.40. The van der Waals surface area contributed by atoms with Crippen LogP contribution in [-0.2, 0) is 17.8 Å². The Hall–Kier alpha value is -2.66. The Morgan fingerprint density at radius 2 is 1.88 bits per heavy atom. The van der Waals surface area contributed by atoms with E-state index in [4.69, 9.17) is 11.6 Å². The molecule has 1 N–H and O–H groups in total. The number of amides is 1. The highest BCUT2D eigenvalue weighted by Crippen LogP contribution is 2.10. The molecule has 3 aromatic rings. The molecule has 6 heteroatoms. The molecule has 0 aliphatic rings. The number of fused-ring (bicyclic) bond motifs is 1. The summed E-state index contributed by atoms with van der Waals surface area (Å²) >= 11 is 5.85. The molecule has 5 nitrogen and oxygen atoms in total. The van der Waals surface area contributed by atoms with Crippen molar-refractivity contribution in [2.24, 2.45) is 0 Å². The Labute approximate surface area is 150 Å². The number of carbonyl (C=O) groups is 1. The van der Waals surface area contributed by atoms with Crippen LogP contribution in [0.2, 0.25) is 5.02 Å². The van der Waals surface area contributed by atoms with Crippen molar-refractivity contribution in [3.8, 4) is 0 Å². The van der Waals surface area contributed by atoms with Crippen molar-refractivity contribution < 1.29 is 4.79 Å². The summed E-state index contributed by atoms with van der Waals surface area (Å²) in [6, 6.07) is 14.6. The first-order chi connectivity index (χ1) is 12.0. The summed E-state index contributed by atoms with van der Waals surface area (Å²) in [6.07, 6.45) is 0.701. The van der Waals surface area contributed by atoms with Crippen LogP contribution < -0.4 is 10.9 Å². The molecule has 0 aliphatic carbocycles. The lowest BCUT2D eigenvalue weighted by molar-refractivity contribution is -0.121. The van der Waals surface area contributed by atoms with Gasteiger partial charge in [0, 0.05) is 11.6 Å². The Kier molecular flexibility index (Phi) is 5.14. The fraction of sp³-hybridized carbons (Fsp3) is 0.211. The van der Waals surface area contributed by atoms with Gasteiger partial charge in [-0.2, -0.15) is 0 Å². The minimum atomic E-state index is -0.212. The predicted octanol–water partition coefficient (Wildman–Crippen LogP) is 2.72. The zero-order chi connectivity index (χ0) is 17.8. The van der Waals surface area contributed by atoms with E-state index in [2.05, 4.69) is 10.3 Å². The summed E-state index contributed by atoms with van der Waals surface area (Å²) in [5, 5.41) is 4.04. The van der Waals surface area contributed by atoms with Crippen LogP contribution in [0.25, 0.3) is 10.9 Å². The van der Waals surface area contributed by atoms with Crippen LogP contribution >= 0.6 is 11.6 Å². The summed E-state index contributed by atoms with van der Waals surface area (Å²) < 4.78 is 1.40. The number of halogens is 1. The van der Waals surface area contributed by atoms with Crippen molar-refractivity contribution in [1.82, 2.24) is 14.9 Å². The van der Waals surface area contributed by atoms with Crippen LogP contribution in [0, 0.1) is 6.92 Å². The zero-order valence-electron chi connectivity index (χ0n) is 13.8. The average molecular weight is 356 g/mol. The number of nitrogens with one attached hydrogen (secondary N) is 1. The smallest absolute Gasteiger partial charge is 0.261 e. The summed E-state index contributed by atoms with van der Waals surface area (Å²) in [7, 11) is 0. The molecular formula is C19H18ClN3O2. The predicted molar refractivity (Wildman–Crippen MR) is 98.9 cm³/mol. The van der Waals surface area contributed by atoms with Gasteiger partial charge in [-0.3, -0.25) is 14.2 Å². The first-order valence-electron chi connectivity index (χ1n) is 8.02. The largest absolute Gasteiger partial charge is 0.354 e. The third kappa shape index (κ3) is 4.06. The van der Waals surface area contributed by atoms with Gasteiger partial charge in [-0.1, -0.05) is 35.9 Å². The van der Waals surface area contributed by atoms with Gasteiger partial charge in [0.05, 0.1) is 10.9 Å². The van der Waals surface area contributed by atoms with Gasteiger partial charge >= 0.3 is 0 Å². The maximum Gasteiger partial charge on any atom is 0.261 e. The number of hydrogen-bond donors (Lipinski definition) is 1. The standard InChI is InChI=1S/C19H18ClN3O2/c1-13-22-17-5-3-2-4-16(17)19(25)23(13)12-18(24)21-11-10-14-6-8-15(20)9-7-14/h2-9H,10-12H2,1H3,(H,21,24). The first kappa shape index (κ1) is 17.2. The van der Waals surface area contributed by atoms with Crippen molar-refractivity contribution in [3.05, 3.63) is 75.3 Å². The van der Waals surface area contributed by atoms with Gasteiger partial charge in [0.1, 0.15) is 12.4 Å². The lowest BCUT2D eigenvalue weighted by Crippen LogP contribution is -2.34. The quantitative estimate of drug-likeness (QED) is 0.765. The van der Waals surface area contributed by atoms with E-state index in [1.807, 2.05) is 30.3 Å². The maximum absolute atomic E-state index is 12.5. The van der Waals surface area contributed by atoms with Crippen LogP contribution in [0.4, 0.5) is 0 Å². The SMILES string of the molecule is Cc1nc2ccccc2c(=O)n1CC(=O)NCCc1ccc(Cl)cc1. The summed E-state index contributed by atoms with van der Waals surface area (Å²) in [4.78, 5) is 29.1. The molecule has 1 amide bonds. The van der Waals surface area contributed by atoms with E-state index in [0.717, 1.165) is 5.56 Å². The van der Waals surface area contributed by atoms with Crippen molar-refractivity contribution in [2.45, 2.75) is 19.9 Å². The van der Waals surface area contributed by atoms with Gasteiger partial charge in [-0.05, 0) is 43.2 Å². The Morgan fingerprint density at radius 1 is 1.16 bits per heavy atom. The van der Waals surface area contributed by atoms with E-state index >= 15 is 0 Å². The van der Waals surface area contributed by atoms with E-state index in [0.29, 0.717) is 34.7 Å². The molecule has 0 unspecified atom stereocenters. The highest BCUT2D eigenvalue weighted by molar-refractivity contribution is 6.30. The van der Waals surface area contributed by atoms with Gasteiger partial charge in [-0.25, -0.2) is 4.98 Å². The molecule has 1 aromatic heterocycles. The third-order valence-electron chi connectivity index (χ3n) is 4.00. The van der Waals surface area contributed by atoms with Gasteiger partial charge in [-0.15, -0.1) is 0 Å². The number of aryl methyl sites for hydroxylation is 1. The molecule has 2 aromatic carbocycles. The minimum absolute atomic E-state index is 0.0386. The second-order valence-corrected chi connectivity index (χ2v) is 6.23. The monoisotopic (exact) mass is 355 g/mol. The Morgan fingerprint density at radius 3 is 2.64 bits per heavy atom. The molecule has 0 atom stereocenters. The van der Waals surface area contributed by atoms with E-state index in [-0.39, 0.29) is 18.0 Å². The molecule has 0 aliphatic heterocycles. The summed E-state index contributed by atoms with van der Waals surface area (Å²) in [5.41, 5.74) is 1.53. The second-order valence-electron chi connectivity index (χ2n) is 5.79. The number of rotatable bonds is 5. The second kappa shape index (κ2) is 7.49. The fourth-order valence-electron chi connectivity index (χ4n) is 2.66. The molecule has 0 spiro atoms. The van der Waals surface area contributed by atoms with E-state index < -0.39 is 0 Å². The minimum Gasteiger partial charge on any atom is -0.354 e. The van der Waals surface area contributed by atoms with Crippen LogP contribution in [-0.4, -0.2) is 22.0 Å². The summed E-state index contributed by atoms with van der Waals surface area (Å²) in [5.74, 6) is 0.313.